The average Bonchev–Trinajstić information content (AvgIpc) is 2.87. The SMILES string of the molecule is N#Cc1cccnc1N1CCP(=O)(c2cc(CC3=NCC(=O)c4ccccc43)ccc2F)CC1. The van der Waals surface area contributed by atoms with E-state index in [1.54, 1.807) is 36.5 Å². The van der Waals surface area contributed by atoms with Gasteiger partial charge in [-0.3, -0.25) is 9.79 Å². The Hall–Kier alpha value is -3.62. The van der Waals surface area contributed by atoms with Gasteiger partial charge in [-0.25, -0.2) is 9.37 Å². The highest BCUT2D eigenvalue weighted by Gasteiger charge is 2.34. The lowest BCUT2D eigenvalue weighted by molar-refractivity contribution is 0.1000. The second-order valence-corrected chi connectivity index (χ2v) is 11.7. The van der Waals surface area contributed by atoms with Crippen molar-refractivity contribution in [3.8, 4) is 6.07 Å². The van der Waals surface area contributed by atoms with Crippen LogP contribution in [0, 0.1) is 17.1 Å². The zero-order valence-corrected chi connectivity index (χ0v) is 19.3. The number of hydrogen-bond donors (Lipinski definition) is 0. The smallest absolute Gasteiger partial charge is 0.184 e. The highest BCUT2D eigenvalue weighted by molar-refractivity contribution is 7.71. The van der Waals surface area contributed by atoms with Gasteiger partial charge in [-0.2, -0.15) is 5.26 Å². The van der Waals surface area contributed by atoms with Crippen molar-refractivity contribution in [2.75, 3.05) is 36.9 Å². The van der Waals surface area contributed by atoms with Gasteiger partial charge in [0.15, 0.2) is 5.78 Å². The summed E-state index contributed by atoms with van der Waals surface area (Å²) in [5, 5.41) is 9.63. The van der Waals surface area contributed by atoms with Crippen molar-refractivity contribution < 1.29 is 13.8 Å². The molecule has 0 atom stereocenters. The Balaban J connectivity index is 1.38. The molecule has 3 aromatic rings. The van der Waals surface area contributed by atoms with Crippen molar-refractivity contribution in [2.24, 2.45) is 4.99 Å². The number of rotatable bonds is 4. The second-order valence-electron chi connectivity index (χ2n) is 8.50. The van der Waals surface area contributed by atoms with Gasteiger partial charge in [0.05, 0.1) is 5.56 Å². The van der Waals surface area contributed by atoms with Crippen molar-refractivity contribution in [3.05, 3.63) is 88.9 Å². The lowest BCUT2D eigenvalue weighted by atomic mass is 9.93. The maximum atomic E-state index is 14.9. The molecule has 0 spiro atoms. The molecule has 8 heteroatoms. The number of aliphatic imine (C=N–C) groups is 1. The van der Waals surface area contributed by atoms with Gasteiger partial charge in [-0.15, -0.1) is 0 Å². The number of carbonyl (C=O) groups excluding carboxylic acids is 1. The number of pyridine rings is 1. The number of aromatic nitrogens is 1. The molecule has 0 aliphatic carbocycles. The summed E-state index contributed by atoms with van der Waals surface area (Å²) in [6.45, 7) is 0.983. The topological polar surface area (TPSA) is 86.4 Å². The van der Waals surface area contributed by atoms with Crippen molar-refractivity contribution in [1.29, 1.82) is 5.26 Å². The molecule has 1 saturated heterocycles. The third kappa shape index (κ3) is 4.06. The minimum Gasteiger partial charge on any atom is -0.355 e. The van der Waals surface area contributed by atoms with Gasteiger partial charge in [0.25, 0.3) is 0 Å². The van der Waals surface area contributed by atoms with Crippen molar-refractivity contribution in [2.45, 2.75) is 6.42 Å². The van der Waals surface area contributed by atoms with Crippen LogP contribution >= 0.6 is 7.14 Å². The summed E-state index contributed by atoms with van der Waals surface area (Å²) in [4.78, 5) is 22.9. The molecule has 170 valence electrons. The maximum absolute atomic E-state index is 14.9. The first kappa shape index (κ1) is 22.2. The molecule has 0 bridgehead atoms. The molecule has 2 aromatic carbocycles. The van der Waals surface area contributed by atoms with Crippen LogP contribution < -0.4 is 10.2 Å². The molecule has 5 rings (SSSR count). The van der Waals surface area contributed by atoms with Crippen LogP contribution in [-0.4, -0.2) is 48.4 Å². The highest BCUT2D eigenvalue weighted by Crippen LogP contribution is 2.47. The molecule has 2 aliphatic rings. The Morgan fingerprint density at radius 1 is 1.06 bits per heavy atom. The zero-order valence-electron chi connectivity index (χ0n) is 18.4. The zero-order chi connectivity index (χ0) is 23.7. The van der Waals surface area contributed by atoms with E-state index >= 15 is 0 Å². The van der Waals surface area contributed by atoms with Crippen LogP contribution in [0.1, 0.15) is 27.0 Å². The van der Waals surface area contributed by atoms with Crippen molar-refractivity contribution >= 4 is 29.8 Å². The van der Waals surface area contributed by atoms with E-state index in [1.807, 2.05) is 23.1 Å². The number of carbonyl (C=O) groups is 1. The fourth-order valence-electron chi connectivity index (χ4n) is 4.62. The Bertz CT molecular complexity index is 1400. The summed E-state index contributed by atoms with van der Waals surface area (Å²) in [5.74, 6) is 0.106. The van der Waals surface area contributed by atoms with Crippen molar-refractivity contribution in [1.82, 2.24) is 4.98 Å². The Morgan fingerprint density at radius 2 is 1.82 bits per heavy atom. The van der Waals surface area contributed by atoms with Crippen LogP contribution in [0.2, 0.25) is 0 Å². The number of hydrogen-bond acceptors (Lipinski definition) is 6. The van der Waals surface area contributed by atoms with Gasteiger partial charge in [-0.05, 0) is 29.8 Å². The minimum absolute atomic E-state index is 0.0113. The van der Waals surface area contributed by atoms with E-state index in [9.17, 15) is 19.0 Å². The van der Waals surface area contributed by atoms with Gasteiger partial charge in [0.1, 0.15) is 31.4 Å². The summed E-state index contributed by atoms with van der Waals surface area (Å²) in [7, 11) is -2.96. The number of fused-ring (bicyclic) bond motifs is 1. The molecule has 0 N–H and O–H groups in total. The number of halogens is 1. The molecule has 3 heterocycles. The number of benzene rings is 2. The standard InChI is InChI=1S/C26H22FN4O2P/c27-22-8-7-18(14-23-20-5-1-2-6-21(20)24(32)17-30-23)15-25(22)34(33)12-10-31(11-13-34)26-19(16-28)4-3-9-29-26/h1-9,15H,10-14,17H2. The molecular formula is C26H22FN4O2P. The van der Waals surface area contributed by atoms with Crippen LogP contribution in [0.25, 0.3) is 0 Å². The fraction of sp³-hybridized carbons (Fsp3) is 0.231. The molecule has 0 amide bonds. The first-order valence-electron chi connectivity index (χ1n) is 11.1. The van der Waals surface area contributed by atoms with E-state index < -0.39 is 13.0 Å². The van der Waals surface area contributed by atoms with Gasteiger partial charge in [0, 0.05) is 60.2 Å². The van der Waals surface area contributed by atoms with E-state index in [-0.39, 0.29) is 17.6 Å². The van der Waals surface area contributed by atoms with Gasteiger partial charge in [0.2, 0.25) is 0 Å². The monoisotopic (exact) mass is 472 g/mol. The molecule has 1 aromatic heterocycles. The van der Waals surface area contributed by atoms with Gasteiger partial charge in [-0.1, -0.05) is 30.3 Å². The third-order valence-electron chi connectivity index (χ3n) is 6.44. The molecule has 6 nitrogen and oxygen atoms in total. The maximum Gasteiger partial charge on any atom is 0.184 e. The van der Waals surface area contributed by atoms with E-state index in [0.717, 1.165) is 16.8 Å². The van der Waals surface area contributed by atoms with Gasteiger partial charge >= 0.3 is 0 Å². The summed E-state index contributed by atoms with van der Waals surface area (Å²) in [6, 6.07) is 17.7. The molecule has 0 unspecified atom stereocenters. The fourth-order valence-corrected chi connectivity index (χ4v) is 7.32. The van der Waals surface area contributed by atoms with Crippen LogP contribution in [0.3, 0.4) is 0 Å². The van der Waals surface area contributed by atoms with Gasteiger partial charge < -0.3 is 9.46 Å². The molecule has 0 radical (unpaired) electrons. The summed E-state index contributed by atoms with van der Waals surface area (Å²) < 4.78 is 28.7. The number of nitrogens with zero attached hydrogens (tertiary/aromatic N) is 4. The molecule has 2 aliphatic heterocycles. The Kier molecular flexibility index (Phi) is 5.85. The lowest BCUT2D eigenvalue weighted by Gasteiger charge is -2.33. The van der Waals surface area contributed by atoms with Crippen LogP contribution in [-0.2, 0) is 11.0 Å². The summed E-state index contributed by atoms with van der Waals surface area (Å²) in [6.07, 6.45) is 2.69. The number of anilines is 1. The first-order valence-corrected chi connectivity index (χ1v) is 13.2. The number of nitriles is 1. The van der Waals surface area contributed by atoms with E-state index in [0.29, 0.717) is 48.8 Å². The molecular weight excluding hydrogens is 450 g/mol. The second kappa shape index (κ2) is 8.96. The van der Waals surface area contributed by atoms with E-state index in [1.165, 1.54) is 6.07 Å². The largest absolute Gasteiger partial charge is 0.355 e. The van der Waals surface area contributed by atoms with E-state index in [4.69, 9.17) is 0 Å². The predicted molar refractivity (Wildman–Crippen MR) is 130 cm³/mol. The Labute approximate surface area is 197 Å². The van der Waals surface area contributed by atoms with Crippen LogP contribution in [0.15, 0.2) is 65.8 Å². The first-order chi connectivity index (χ1) is 16.5. The molecule has 0 saturated carbocycles. The number of ketones is 1. The van der Waals surface area contributed by atoms with Crippen molar-refractivity contribution in [3.63, 3.8) is 0 Å². The average molecular weight is 472 g/mol. The quantitative estimate of drug-likeness (QED) is 0.539. The normalized spacial score (nSPS) is 17.0. The molecule has 34 heavy (non-hydrogen) atoms. The van der Waals surface area contributed by atoms with Crippen LogP contribution in [0.4, 0.5) is 10.2 Å². The minimum atomic E-state index is -2.96. The molecule has 1 fully saturated rings. The predicted octanol–water partition coefficient (Wildman–Crippen LogP) is 3.83. The third-order valence-corrected chi connectivity index (χ3v) is 9.51. The number of Topliss-reactive ketones (excluding diaryl/α,β-unsaturated/α-hetero) is 1. The summed E-state index contributed by atoms with van der Waals surface area (Å²) >= 11 is 0. The van der Waals surface area contributed by atoms with Crippen LogP contribution in [0.5, 0.6) is 0 Å². The highest BCUT2D eigenvalue weighted by atomic mass is 31.2. The summed E-state index contributed by atoms with van der Waals surface area (Å²) in [5.41, 5.74) is 3.52. The lowest BCUT2D eigenvalue weighted by Crippen LogP contribution is -2.38. The van der Waals surface area contributed by atoms with E-state index in [2.05, 4.69) is 16.0 Å². The Morgan fingerprint density at radius 3 is 2.59 bits per heavy atom.